The Morgan fingerprint density at radius 1 is 1.35 bits per heavy atom. The van der Waals surface area contributed by atoms with Crippen molar-refractivity contribution in [2.75, 3.05) is 7.11 Å². The number of nitrogens with zero attached hydrogens (tertiary/aromatic N) is 1. The van der Waals surface area contributed by atoms with Gasteiger partial charge in [-0.25, -0.2) is 0 Å². The summed E-state index contributed by atoms with van der Waals surface area (Å²) in [6.07, 6.45) is 0.118. The number of para-hydroxylation sites is 1. The molecule has 4 nitrogen and oxygen atoms in total. The molecule has 1 aromatic carbocycles. The van der Waals surface area contributed by atoms with Crippen LogP contribution in [0.4, 0.5) is 0 Å². The molecule has 0 unspecified atom stereocenters. The van der Waals surface area contributed by atoms with Gasteiger partial charge in [-0.3, -0.25) is 9.59 Å². The molecule has 0 bridgehead atoms. The molecule has 2 aromatic rings. The Labute approximate surface area is 98.4 Å². The second-order valence-electron chi connectivity index (χ2n) is 3.84. The van der Waals surface area contributed by atoms with Crippen LogP contribution in [0.2, 0.25) is 0 Å². The van der Waals surface area contributed by atoms with Gasteiger partial charge in [0.1, 0.15) is 0 Å². The van der Waals surface area contributed by atoms with Crippen LogP contribution in [0.1, 0.15) is 5.56 Å². The first-order chi connectivity index (χ1) is 8.13. The van der Waals surface area contributed by atoms with E-state index in [-0.39, 0.29) is 17.9 Å². The van der Waals surface area contributed by atoms with Crippen LogP contribution >= 0.6 is 0 Å². The van der Waals surface area contributed by atoms with E-state index in [0.717, 1.165) is 10.9 Å². The molecule has 0 radical (unpaired) electrons. The Balaban J connectivity index is 2.67. The molecule has 4 heteroatoms. The summed E-state index contributed by atoms with van der Waals surface area (Å²) >= 11 is 0. The topological polar surface area (TPSA) is 48.3 Å². The standard InChI is InChI=1S/C13H13NO3/c1-14-11-6-4-3-5-10(11)9(7-12(14)15)8-13(16)17-2/h3-7H,8H2,1-2H3. The van der Waals surface area contributed by atoms with Crippen molar-refractivity contribution in [3.8, 4) is 0 Å². The van der Waals surface area contributed by atoms with Crippen molar-refractivity contribution >= 4 is 16.9 Å². The van der Waals surface area contributed by atoms with Gasteiger partial charge in [0, 0.05) is 18.5 Å². The first-order valence-electron chi connectivity index (χ1n) is 5.28. The molecular formula is C13H13NO3. The molecule has 0 saturated carbocycles. The Kier molecular flexibility index (Phi) is 2.95. The lowest BCUT2D eigenvalue weighted by atomic mass is 10.1. The highest BCUT2D eigenvalue weighted by Crippen LogP contribution is 2.16. The van der Waals surface area contributed by atoms with Gasteiger partial charge in [-0.2, -0.15) is 0 Å². The van der Waals surface area contributed by atoms with Crippen LogP contribution in [0.5, 0.6) is 0 Å². The van der Waals surface area contributed by atoms with Crippen molar-refractivity contribution in [1.29, 1.82) is 0 Å². The molecule has 17 heavy (non-hydrogen) atoms. The lowest BCUT2D eigenvalue weighted by Gasteiger charge is -2.08. The van der Waals surface area contributed by atoms with E-state index in [1.54, 1.807) is 11.6 Å². The zero-order valence-electron chi connectivity index (χ0n) is 9.77. The van der Waals surface area contributed by atoms with Gasteiger partial charge in [0.05, 0.1) is 19.0 Å². The van der Waals surface area contributed by atoms with E-state index in [4.69, 9.17) is 0 Å². The monoisotopic (exact) mass is 231 g/mol. The van der Waals surface area contributed by atoms with E-state index in [2.05, 4.69) is 4.74 Å². The number of aromatic nitrogens is 1. The minimum absolute atomic E-state index is 0.118. The van der Waals surface area contributed by atoms with E-state index in [0.29, 0.717) is 5.56 Å². The van der Waals surface area contributed by atoms with E-state index in [9.17, 15) is 9.59 Å². The third-order valence-electron chi connectivity index (χ3n) is 2.80. The lowest BCUT2D eigenvalue weighted by molar-refractivity contribution is -0.139. The van der Waals surface area contributed by atoms with Gasteiger partial charge in [0.15, 0.2) is 0 Å². The first-order valence-corrected chi connectivity index (χ1v) is 5.28. The van der Waals surface area contributed by atoms with Crippen LogP contribution in [0.15, 0.2) is 35.1 Å². The smallest absolute Gasteiger partial charge is 0.310 e. The number of rotatable bonds is 2. The lowest BCUT2D eigenvalue weighted by Crippen LogP contribution is -2.18. The van der Waals surface area contributed by atoms with Crippen molar-refractivity contribution in [2.45, 2.75) is 6.42 Å². The number of ether oxygens (including phenoxy) is 1. The summed E-state index contributed by atoms with van der Waals surface area (Å²) in [5, 5.41) is 0.903. The molecule has 0 aliphatic heterocycles. The fraction of sp³-hybridized carbons (Fsp3) is 0.231. The maximum absolute atomic E-state index is 11.7. The predicted octanol–water partition coefficient (Wildman–Crippen LogP) is 1.25. The summed E-state index contributed by atoms with van der Waals surface area (Å²) in [5.74, 6) is -0.344. The molecule has 2 rings (SSSR count). The van der Waals surface area contributed by atoms with Crippen LogP contribution in [0.3, 0.4) is 0 Å². The van der Waals surface area contributed by atoms with Gasteiger partial charge in [-0.15, -0.1) is 0 Å². The van der Waals surface area contributed by atoms with Crippen LogP contribution < -0.4 is 5.56 Å². The molecule has 0 aliphatic carbocycles. The number of hydrogen-bond donors (Lipinski definition) is 0. The average molecular weight is 231 g/mol. The molecule has 0 aliphatic rings. The van der Waals surface area contributed by atoms with Gasteiger partial charge < -0.3 is 9.30 Å². The number of aryl methyl sites for hydroxylation is 1. The molecule has 0 amide bonds. The minimum Gasteiger partial charge on any atom is -0.469 e. The summed E-state index contributed by atoms with van der Waals surface area (Å²) in [6.45, 7) is 0. The van der Waals surface area contributed by atoms with Crippen molar-refractivity contribution in [3.05, 3.63) is 46.2 Å². The van der Waals surface area contributed by atoms with Crippen LogP contribution in [-0.2, 0) is 23.0 Å². The molecule has 88 valence electrons. The number of carbonyl (C=O) groups excluding carboxylic acids is 1. The maximum atomic E-state index is 11.7. The highest BCUT2D eigenvalue weighted by molar-refractivity contribution is 5.86. The van der Waals surface area contributed by atoms with Crippen molar-refractivity contribution in [2.24, 2.45) is 7.05 Å². The number of carbonyl (C=O) groups is 1. The summed E-state index contributed by atoms with van der Waals surface area (Å²) in [6, 6.07) is 8.99. The SMILES string of the molecule is COC(=O)Cc1cc(=O)n(C)c2ccccc12. The van der Waals surface area contributed by atoms with Crippen LogP contribution in [0.25, 0.3) is 10.9 Å². The molecule has 1 heterocycles. The fourth-order valence-corrected chi connectivity index (χ4v) is 1.85. The van der Waals surface area contributed by atoms with Crippen LogP contribution in [0, 0.1) is 0 Å². The van der Waals surface area contributed by atoms with Crippen molar-refractivity contribution in [1.82, 2.24) is 4.57 Å². The Morgan fingerprint density at radius 2 is 2.06 bits per heavy atom. The first kappa shape index (κ1) is 11.4. The third kappa shape index (κ3) is 2.06. The Hall–Kier alpha value is -2.10. The molecule has 0 fully saturated rings. The highest BCUT2D eigenvalue weighted by Gasteiger charge is 2.09. The van der Waals surface area contributed by atoms with Gasteiger partial charge in [-0.05, 0) is 11.6 Å². The van der Waals surface area contributed by atoms with Gasteiger partial charge in [0.2, 0.25) is 0 Å². The number of pyridine rings is 1. The van der Waals surface area contributed by atoms with E-state index >= 15 is 0 Å². The molecule has 0 saturated heterocycles. The zero-order valence-corrected chi connectivity index (χ0v) is 9.77. The second kappa shape index (κ2) is 4.41. The normalized spacial score (nSPS) is 10.5. The summed E-state index contributed by atoms with van der Waals surface area (Å²) < 4.78 is 6.19. The fourth-order valence-electron chi connectivity index (χ4n) is 1.85. The number of fused-ring (bicyclic) bond motifs is 1. The molecule has 1 aromatic heterocycles. The second-order valence-corrected chi connectivity index (χ2v) is 3.84. The van der Waals surface area contributed by atoms with E-state index in [1.807, 2.05) is 24.3 Å². The minimum atomic E-state index is -0.344. The number of esters is 1. The largest absolute Gasteiger partial charge is 0.469 e. The van der Waals surface area contributed by atoms with Crippen molar-refractivity contribution < 1.29 is 9.53 Å². The van der Waals surface area contributed by atoms with E-state index in [1.165, 1.54) is 13.2 Å². The summed E-state index contributed by atoms with van der Waals surface area (Å²) in [7, 11) is 3.05. The highest BCUT2D eigenvalue weighted by atomic mass is 16.5. The van der Waals surface area contributed by atoms with Gasteiger partial charge >= 0.3 is 5.97 Å². The molecule has 0 spiro atoms. The number of benzene rings is 1. The molecular weight excluding hydrogens is 218 g/mol. The Bertz CT molecular complexity index is 628. The predicted molar refractivity (Wildman–Crippen MR) is 64.9 cm³/mol. The maximum Gasteiger partial charge on any atom is 0.310 e. The zero-order chi connectivity index (χ0) is 12.4. The van der Waals surface area contributed by atoms with Crippen LogP contribution in [-0.4, -0.2) is 17.6 Å². The number of hydrogen-bond acceptors (Lipinski definition) is 3. The van der Waals surface area contributed by atoms with E-state index < -0.39 is 0 Å². The summed E-state index contributed by atoms with van der Waals surface area (Å²) in [4.78, 5) is 23.0. The number of methoxy groups -OCH3 is 1. The third-order valence-corrected chi connectivity index (χ3v) is 2.80. The molecule has 0 atom stereocenters. The van der Waals surface area contributed by atoms with Gasteiger partial charge in [-0.1, -0.05) is 18.2 Å². The Morgan fingerprint density at radius 3 is 2.76 bits per heavy atom. The average Bonchev–Trinajstić information content (AvgIpc) is 2.35. The van der Waals surface area contributed by atoms with Gasteiger partial charge in [0.25, 0.3) is 5.56 Å². The summed E-state index contributed by atoms with van der Waals surface area (Å²) in [5.41, 5.74) is 1.40. The van der Waals surface area contributed by atoms with Crippen molar-refractivity contribution in [3.63, 3.8) is 0 Å². The molecule has 0 N–H and O–H groups in total. The quantitative estimate of drug-likeness (QED) is 0.731.